The van der Waals surface area contributed by atoms with E-state index in [0.29, 0.717) is 17.8 Å². The van der Waals surface area contributed by atoms with Gasteiger partial charge in [-0.1, -0.05) is 12.1 Å². The molecule has 0 spiro atoms. The lowest BCUT2D eigenvalue weighted by Crippen LogP contribution is -2.47. The number of amides is 1. The molecule has 2 aromatic rings. The van der Waals surface area contributed by atoms with Crippen molar-refractivity contribution in [3.8, 4) is 0 Å². The van der Waals surface area contributed by atoms with E-state index in [-0.39, 0.29) is 5.91 Å². The van der Waals surface area contributed by atoms with Crippen LogP contribution in [0, 0.1) is 0 Å². The van der Waals surface area contributed by atoms with Gasteiger partial charge in [-0.2, -0.15) is 0 Å². The Hall–Kier alpha value is -2.27. The summed E-state index contributed by atoms with van der Waals surface area (Å²) in [6.45, 7) is 6.56. The van der Waals surface area contributed by atoms with Crippen LogP contribution in [0.3, 0.4) is 0 Å². The molecular formula is C20H26N4O. The Bertz CT molecular complexity index is 763. The maximum absolute atomic E-state index is 12.5. The molecule has 25 heavy (non-hydrogen) atoms. The molecule has 0 saturated carbocycles. The third-order valence-electron chi connectivity index (χ3n) is 4.99. The van der Waals surface area contributed by atoms with Gasteiger partial charge in [0.2, 0.25) is 5.91 Å². The highest BCUT2D eigenvalue weighted by molar-refractivity contribution is 5.91. The van der Waals surface area contributed by atoms with E-state index in [4.69, 9.17) is 0 Å². The first-order chi connectivity index (χ1) is 12.0. The average molecular weight is 338 g/mol. The zero-order valence-corrected chi connectivity index (χ0v) is 15.2. The molecule has 0 atom stereocenters. The van der Waals surface area contributed by atoms with Crippen molar-refractivity contribution in [1.29, 1.82) is 0 Å². The van der Waals surface area contributed by atoms with Gasteiger partial charge in [0, 0.05) is 38.3 Å². The third-order valence-corrected chi connectivity index (χ3v) is 4.99. The van der Waals surface area contributed by atoms with Gasteiger partial charge in [0.25, 0.3) is 0 Å². The lowest BCUT2D eigenvalue weighted by molar-refractivity contribution is -0.127. The predicted octanol–water partition coefficient (Wildman–Crippen LogP) is 2.97. The molecule has 5 heteroatoms. The number of carbonyl (C=O) groups is 1. The number of carbonyl (C=O) groups excluding carboxylic acids is 1. The molecular weight excluding hydrogens is 312 g/mol. The zero-order chi connectivity index (χ0) is 17.8. The summed E-state index contributed by atoms with van der Waals surface area (Å²) in [6, 6.07) is 8.62. The maximum Gasteiger partial charge on any atom is 0.246 e. The Balaban J connectivity index is 1.61. The normalized spacial score (nSPS) is 16.8. The van der Waals surface area contributed by atoms with Crippen molar-refractivity contribution in [2.75, 3.05) is 20.1 Å². The quantitative estimate of drug-likeness (QED) is 0.804. The van der Waals surface area contributed by atoms with Crippen molar-refractivity contribution in [2.24, 2.45) is 0 Å². The highest BCUT2D eigenvalue weighted by atomic mass is 16.2. The summed E-state index contributed by atoms with van der Waals surface area (Å²) in [6.07, 6.45) is 7.12. The van der Waals surface area contributed by atoms with E-state index in [2.05, 4.69) is 28.7 Å². The van der Waals surface area contributed by atoms with Gasteiger partial charge in [-0.15, -0.1) is 0 Å². The van der Waals surface area contributed by atoms with Crippen LogP contribution in [0.5, 0.6) is 0 Å². The lowest BCUT2D eigenvalue weighted by atomic mass is 10.0. The highest BCUT2D eigenvalue weighted by Gasteiger charge is 2.25. The second-order valence-electron chi connectivity index (χ2n) is 6.93. The van der Waals surface area contributed by atoms with Crippen LogP contribution in [-0.4, -0.2) is 57.9 Å². The first-order valence-electron chi connectivity index (χ1n) is 8.95. The van der Waals surface area contributed by atoms with E-state index in [1.165, 1.54) is 0 Å². The van der Waals surface area contributed by atoms with Gasteiger partial charge in [-0.05, 0) is 44.9 Å². The zero-order valence-electron chi connectivity index (χ0n) is 15.2. The number of likely N-dealkylation sites (tertiary alicyclic amines) is 1. The fraction of sp³-hybridized carbons (Fsp3) is 0.450. The molecule has 5 nitrogen and oxygen atoms in total. The summed E-state index contributed by atoms with van der Waals surface area (Å²) >= 11 is 0. The molecule has 1 saturated heterocycles. The van der Waals surface area contributed by atoms with Crippen LogP contribution < -0.4 is 0 Å². The minimum atomic E-state index is 0.0259. The number of piperidine rings is 1. The van der Waals surface area contributed by atoms with Crippen LogP contribution in [0.4, 0.5) is 0 Å². The van der Waals surface area contributed by atoms with Crippen LogP contribution in [0.1, 0.15) is 32.4 Å². The van der Waals surface area contributed by atoms with Crippen molar-refractivity contribution in [3.63, 3.8) is 0 Å². The Morgan fingerprint density at radius 2 is 1.92 bits per heavy atom. The number of rotatable bonds is 4. The van der Waals surface area contributed by atoms with Gasteiger partial charge >= 0.3 is 0 Å². The molecule has 1 aliphatic heterocycles. The molecule has 3 rings (SSSR count). The van der Waals surface area contributed by atoms with Crippen molar-refractivity contribution >= 4 is 23.0 Å². The molecule has 0 radical (unpaired) electrons. The summed E-state index contributed by atoms with van der Waals surface area (Å²) in [4.78, 5) is 25.7. The molecule has 0 unspecified atom stereocenters. The summed E-state index contributed by atoms with van der Waals surface area (Å²) in [5.41, 5.74) is 2.40. The molecule has 0 bridgehead atoms. The van der Waals surface area contributed by atoms with E-state index in [0.717, 1.165) is 37.0 Å². The van der Waals surface area contributed by atoms with Crippen molar-refractivity contribution in [1.82, 2.24) is 19.8 Å². The number of para-hydroxylation sites is 2. The van der Waals surface area contributed by atoms with Crippen LogP contribution in [0.15, 0.2) is 36.5 Å². The molecule has 0 aliphatic carbocycles. The van der Waals surface area contributed by atoms with Gasteiger partial charge in [0.15, 0.2) is 0 Å². The average Bonchev–Trinajstić information content (AvgIpc) is 2.65. The van der Waals surface area contributed by atoms with E-state index < -0.39 is 0 Å². The van der Waals surface area contributed by atoms with Gasteiger partial charge in [-0.3, -0.25) is 9.78 Å². The van der Waals surface area contributed by atoms with Gasteiger partial charge in [0.05, 0.1) is 22.9 Å². The summed E-state index contributed by atoms with van der Waals surface area (Å²) in [5, 5.41) is 0. The molecule has 1 amide bonds. The Morgan fingerprint density at radius 3 is 2.60 bits per heavy atom. The largest absolute Gasteiger partial charge is 0.339 e. The van der Waals surface area contributed by atoms with Crippen molar-refractivity contribution in [3.05, 3.63) is 42.2 Å². The van der Waals surface area contributed by atoms with Crippen LogP contribution in [0.25, 0.3) is 17.1 Å². The number of hydrogen-bond acceptors (Lipinski definition) is 4. The first-order valence-corrected chi connectivity index (χ1v) is 8.95. The van der Waals surface area contributed by atoms with Crippen molar-refractivity contribution < 1.29 is 4.79 Å². The van der Waals surface area contributed by atoms with E-state index in [1.54, 1.807) is 18.3 Å². The molecule has 1 aliphatic rings. The Morgan fingerprint density at radius 1 is 1.24 bits per heavy atom. The van der Waals surface area contributed by atoms with Gasteiger partial charge in [0.1, 0.15) is 0 Å². The lowest BCUT2D eigenvalue weighted by Gasteiger charge is -2.38. The van der Waals surface area contributed by atoms with Crippen LogP contribution >= 0.6 is 0 Å². The van der Waals surface area contributed by atoms with E-state index in [9.17, 15) is 4.79 Å². The molecule has 0 N–H and O–H groups in total. The third kappa shape index (κ3) is 4.23. The fourth-order valence-corrected chi connectivity index (χ4v) is 3.30. The summed E-state index contributed by atoms with van der Waals surface area (Å²) in [5.74, 6) is 0.0259. The number of aromatic nitrogens is 2. The molecule has 132 valence electrons. The minimum absolute atomic E-state index is 0.0259. The first kappa shape index (κ1) is 17.5. The molecule has 1 aromatic heterocycles. The van der Waals surface area contributed by atoms with E-state index >= 15 is 0 Å². The number of likely N-dealkylation sites (N-methyl/N-ethyl adjacent to an activating group) is 1. The fourth-order valence-electron chi connectivity index (χ4n) is 3.30. The highest BCUT2D eigenvalue weighted by Crippen LogP contribution is 2.18. The summed E-state index contributed by atoms with van der Waals surface area (Å²) in [7, 11) is 1.90. The topological polar surface area (TPSA) is 49.3 Å². The monoisotopic (exact) mass is 338 g/mol. The van der Waals surface area contributed by atoms with Gasteiger partial charge < -0.3 is 9.80 Å². The summed E-state index contributed by atoms with van der Waals surface area (Å²) < 4.78 is 0. The predicted molar refractivity (Wildman–Crippen MR) is 101 cm³/mol. The Kier molecular flexibility index (Phi) is 5.43. The van der Waals surface area contributed by atoms with Crippen molar-refractivity contribution in [2.45, 2.75) is 38.8 Å². The number of hydrogen-bond donors (Lipinski definition) is 0. The molecule has 1 fully saturated rings. The number of fused-ring (bicyclic) bond motifs is 1. The maximum atomic E-state index is 12.5. The minimum Gasteiger partial charge on any atom is -0.339 e. The van der Waals surface area contributed by atoms with Crippen LogP contribution in [0.2, 0.25) is 0 Å². The Labute approximate surface area is 149 Å². The second kappa shape index (κ2) is 7.74. The van der Waals surface area contributed by atoms with E-state index in [1.807, 2.05) is 36.2 Å². The SMILES string of the molecule is CC(C)N1CCC(N(C)C(=O)/C=C/c2cnc3ccccc3n2)CC1. The number of nitrogens with zero attached hydrogens (tertiary/aromatic N) is 4. The standard InChI is InChI=1S/C20H26N4O/c1-15(2)24-12-10-17(11-13-24)23(3)20(25)9-8-16-14-21-18-6-4-5-7-19(18)22-16/h4-9,14-15,17H,10-13H2,1-3H3/b9-8+. The second-order valence-corrected chi connectivity index (χ2v) is 6.93. The molecule has 1 aromatic carbocycles. The number of benzene rings is 1. The molecule has 2 heterocycles. The van der Waals surface area contributed by atoms with Crippen LogP contribution in [-0.2, 0) is 4.79 Å². The van der Waals surface area contributed by atoms with Gasteiger partial charge in [-0.25, -0.2) is 4.98 Å². The smallest absolute Gasteiger partial charge is 0.246 e.